The first-order valence-corrected chi connectivity index (χ1v) is 13.2. The van der Waals surface area contributed by atoms with Crippen molar-refractivity contribution in [3.63, 3.8) is 0 Å². The predicted molar refractivity (Wildman–Crippen MR) is 134 cm³/mol. The van der Waals surface area contributed by atoms with E-state index >= 15 is 0 Å². The number of carboxylic acid groups (broad SMARTS) is 1. The maximum Gasteiger partial charge on any atom is 0.411 e. The van der Waals surface area contributed by atoms with Gasteiger partial charge in [-0.1, -0.05) is 48.5 Å². The van der Waals surface area contributed by atoms with Gasteiger partial charge in [-0.2, -0.15) is 4.31 Å². The Labute approximate surface area is 209 Å². The lowest BCUT2D eigenvalue weighted by Crippen LogP contribution is -2.42. The lowest BCUT2D eigenvalue weighted by molar-refractivity contribution is -0.142. The highest BCUT2D eigenvalue weighted by Crippen LogP contribution is 2.44. The quantitative estimate of drug-likeness (QED) is 0.508. The van der Waals surface area contributed by atoms with Gasteiger partial charge in [0, 0.05) is 24.7 Å². The third kappa shape index (κ3) is 4.59. The maximum atomic E-state index is 13.0. The number of fused-ring (bicyclic) bond motifs is 3. The van der Waals surface area contributed by atoms with Gasteiger partial charge < -0.3 is 9.84 Å². The van der Waals surface area contributed by atoms with Gasteiger partial charge in [0.1, 0.15) is 6.61 Å². The molecule has 9 heteroatoms. The summed E-state index contributed by atoms with van der Waals surface area (Å²) in [5.74, 6) is -1.75. The molecule has 36 heavy (non-hydrogen) atoms. The van der Waals surface area contributed by atoms with E-state index < -0.39 is 28.0 Å². The van der Waals surface area contributed by atoms with E-state index in [1.165, 1.54) is 28.6 Å². The number of benzene rings is 3. The minimum absolute atomic E-state index is 0.0442. The predicted octanol–water partition coefficient (Wildman–Crippen LogP) is 4.53. The number of hydrogen-bond acceptors (Lipinski definition) is 5. The number of piperidine rings is 1. The average molecular weight is 507 g/mol. The number of amides is 1. The van der Waals surface area contributed by atoms with Gasteiger partial charge in [-0.15, -0.1) is 0 Å². The van der Waals surface area contributed by atoms with Gasteiger partial charge >= 0.3 is 12.1 Å². The number of aliphatic carboxylic acids is 1. The maximum absolute atomic E-state index is 13.0. The molecular formula is C27H26N2O6S. The number of rotatable bonds is 6. The average Bonchev–Trinajstić information content (AvgIpc) is 3.21. The van der Waals surface area contributed by atoms with Gasteiger partial charge in [0.25, 0.3) is 0 Å². The number of nitrogens with one attached hydrogen (secondary N) is 1. The van der Waals surface area contributed by atoms with Crippen LogP contribution >= 0.6 is 0 Å². The molecule has 1 atom stereocenters. The molecule has 2 N–H and O–H groups in total. The van der Waals surface area contributed by atoms with Crippen LogP contribution in [0.5, 0.6) is 0 Å². The monoisotopic (exact) mass is 506 g/mol. The molecule has 1 heterocycles. The highest BCUT2D eigenvalue weighted by Gasteiger charge is 2.33. The number of carbonyl (C=O) groups is 2. The Morgan fingerprint density at radius 3 is 2.17 bits per heavy atom. The fourth-order valence-electron chi connectivity index (χ4n) is 4.97. The van der Waals surface area contributed by atoms with Crippen molar-refractivity contribution in [1.82, 2.24) is 4.31 Å². The Morgan fingerprint density at radius 1 is 0.944 bits per heavy atom. The van der Waals surface area contributed by atoms with Crippen molar-refractivity contribution in [3.05, 3.63) is 83.9 Å². The number of sulfonamides is 1. The molecule has 3 aromatic rings. The van der Waals surface area contributed by atoms with Gasteiger partial charge in [-0.3, -0.25) is 10.1 Å². The molecule has 1 fully saturated rings. The summed E-state index contributed by atoms with van der Waals surface area (Å²) >= 11 is 0. The number of hydrogen-bond donors (Lipinski definition) is 2. The fourth-order valence-corrected chi connectivity index (χ4v) is 6.50. The van der Waals surface area contributed by atoms with Crippen LogP contribution in [0.1, 0.15) is 29.9 Å². The molecule has 1 aliphatic heterocycles. The summed E-state index contributed by atoms with van der Waals surface area (Å²) in [7, 11) is -3.83. The second kappa shape index (κ2) is 9.75. The van der Waals surface area contributed by atoms with E-state index in [-0.39, 0.29) is 30.5 Å². The van der Waals surface area contributed by atoms with Crippen molar-refractivity contribution >= 4 is 27.8 Å². The molecule has 1 amide bonds. The van der Waals surface area contributed by atoms with Crippen molar-refractivity contribution in [2.45, 2.75) is 23.7 Å². The zero-order valence-electron chi connectivity index (χ0n) is 19.5. The Kier molecular flexibility index (Phi) is 6.51. The lowest BCUT2D eigenvalue weighted by Gasteiger charge is -2.29. The van der Waals surface area contributed by atoms with Crippen LogP contribution in [0.4, 0.5) is 10.5 Å². The standard InChI is InChI=1S/C27H26N2O6S/c30-26(31)18-6-5-15-29(16-18)36(33,34)20-13-11-19(12-14-20)28-27(32)35-17-25-23-9-3-1-7-21(23)22-8-2-4-10-24(22)25/h1-4,7-14,18,25H,5-6,15-17H2,(H,28,32)(H,30,31). The Hall–Kier alpha value is -3.69. The van der Waals surface area contributed by atoms with Gasteiger partial charge in [0.2, 0.25) is 10.0 Å². The van der Waals surface area contributed by atoms with E-state index in [2.05, 4.69) is 17.4 Å². The zero-order chi connectivity index (χ0) is 25.3. The lowest BCUT2D eigenvalue weighted by atomic mass is 9.98. The van der Waals surface area contributed by atoms with Gasteiger partial charge in [0.05, 0.1) is 10.8 Å². The molecule has 0 bridgehead atoms. The first-order chi connectivity index (χ1) is 17.3. The van der Waals surface area contributed by atoms with Crippen LogP contribution in [0.3, 0.4) is 0 Å². The molecule has 186 valence electrons. The summed E-state index contributed by atoms with van der Waals surface area (Å²) in [6.45, 7) is 0.412. The SMILES string of the molecule is O=C(Nc1ccc(S(=O)(=O)N2CCCC(C(=O)O)C2)cc1)OCC1c2ccccc2-c2ccccc21. The first kappa shape index (κ1) is 24.0. The second-order valence-corrected chi connectivity index (χ2v) is 11.0. The number of carboxylic acids is 1. The molecule has 0 aromatic heterocycles. The molecule has 1 saturated heterocycles. The third-order valence-electron chi connectivity index (χ3n) is 6.82. The van der Waals surface area contributed by atoms with E-state index in [9.17, 15) is 23.1 Å². The molecule has 0 spiro atoms. The van der Waals surface area contributed by atoms with Crippen molar-refractivity contribution < 1.29 is 27.9 Å². The topological polar surface area (TPSA) is 113 Å². The van der Waals surface area contributed by atoms with Crippen LogP contribution < -0.4 is 5.32 Å². The Balaban J connectivity index is 1.22. The van der Waals surface area contributed by atoms with Crippen LogP contribution in [-0.2, 0) is 19.6 Å². The van der Waals surface area contributed by atoms with Crippen LogP contribution in [0, 0.1) is 5.92 Å². The van der Waals surface area contributed by atoms with Gasteiger partial charge in [0.15, 0.2) is 0 Å². The molecule has 8 nitrogen and oxygen atoms in total. The van der Waals surface area contributed by atoms with E-state index in [1.807, 2.05) is 36.4 Å². The van der Waals surface area contributed by atoms with Crippen molar-refractivity contribution in [1.29, 1.82) is 0 Å². The number of carbonyl (C=O) groups excluding carboxylic acids is 1. The summed E-state index contributed by atoms with van der Waals surface area (Å²) < 4.78 is 32.7. The second-order valence-electron chi connectivity index (χ2n) is 9.02. The van der Waals surface area contributed by atoms with Crippen molar-refractivity contribution in [3.8, 4) is 11.1 Å². The van der Waals surface area contributed by atoms with E-state index in [0.717, 1.165) is 22.3 Å². The molecule has 2 aliphatic rings. The smallest absolute Gasteiger partial charge is 0.411 e. The molecule has 0 radical (unpaired) electrons. The molecule has 0 saturated carbocycles. The molecule has 5 rings (SSSR count). The Morgan fingerprint density at radius 2 is 1.56 bits per heavy atom. The van der Waals surface area contributed by atoms with E-state index in [4.69, 9.17) is 4.74 Å². The van der Waals surface area contributed by atoms with Gasteiger partial charge in [-0.05, 0) is 59.4 Å². The molecule has 1 unspecified atom stereocenters. The summed E-state index contributed by atoms with van der Waals surface area (Å²) in [5, 5.41) is 11.9. The molecular weight excluding hydrogens is 480 g/mol. The Bertz CT molecular complexity index is 1360. The summed E-state index contributed by atoms with van der Waals surface area (Å²) in [6.07, 6.45) is 0.329. The summed E-state index contributed by atoms with van der Waals surface area (Å²) in [4.78, 5) is 23.9. The van der Waals surface area contributed by atoms with Crippen LogP contribution in [-0.4, -0.2) is 49.6 Å². The third-order valence-corrected chi connectivity index (χ3v) is 8.69. The molecule has 1 aliphatic carbocycles. The van der Waals surface area contributed by atoms with E-state index in [0.29, 0.717) is 18.5 Å². The fraction of sp³-hybridized carbons (Fsp3) is 0.259. The van der Waals surface area contributed by atoms with E-state index in [1.54, 1.807) is 0 Å². The van der Waals surface area contributed by atoms with Crippen molar-refractivity contribution in [2.75, 3.05) is 25.0 Å². The summed E-state index contributed by atoms with van der Waals surface area (Å²) in [5.41, 5.74) is 4.91. The number of ether oxygens (including phenoxy) is 1. The minimum Gasteiger partial charge on any atom is -0.481 e. The first-order valence-electron chi connectivity index (χ1n) is 11.8. The molecule has 3 aromatic carbocycles. The van der Waals surface area contributed by atoms with Crippen LogP contribution in [0.2, 0.25) is 0 Å². The van der Waals surface area contributed by atoms with Crippen LogP contribution in [0.25, 0.3) is 11.1 Å². The number of nitrogens with zero attached hydrogens (tertiary/aromatic N) is 1. The highest BCUT2D eigenvalue weighted by atomic mass is 32.2. The summed E-state index contributed by atoms with van der Waals surface area (Å²) in [6, 6.07) is 21.9. The number of anilines is 1. The highest BCUT2D eigenvalue weighted by molar-refractivity contribution is 7.89. The largest absolute Gasteiger partial charge is 0.481 e. The van der Waals surface area contributed by atoms with Crippen LogP contribution in [0.15, 0.2) is 77.7 Å². The van der Waals surface area contributed by atoms with Gasteiger partial charge in [-0.25, -0.2) is 13.2 Å². The minimum atomic E-state index is -3.83. The zero-order valence-corrected chi connectivity index (χ0v) is 20.3. The normalized spacial score (nSPS) is 17.7. The van der Waals surface area contributed by atoms with Crippen molar-refractivity contribution in [2.24, 2.45) is 5.92 Å².